The average molecular weight is 2050 g/mol. The molecule has 0 radical (unpaired) electrons. The third kappa shape index (κ3) is 52.3. The number of aliphatic hydroxyl groups excluding tert-OH is 1. The van der Waals surface area contributed by atoms with Gasteiger partial charge in [-0.1, -0.05) is 36.4 Å². The summed E-state index contributed by atoms with van der Waals surface area (Å²) >= 11 is 0. The molecule has 1 aliphatic heterocycles. The standard InChI is InChI=1S/C21H31NO4.C21H29NO4.C20H29NO5.C18H27NO4.C18H25NO4.C6H13O3P.C5H11NO.C2H7NO/c2*1-14(23)6-7-15-10-17(11-15)18(12-20(24)26-21(2,3)4)16-8-9-19(25-5)22-13-16;1-20(2,3)26-19(24)11-16(14-6-7-17(25-4)21-12-14)15-9-13(10-15)5-8-18(22)23;2*1-18(2,3)23-17(21)9-15(14-7-12(8-14)11-20)13-5-6-16(22-4)19-10-13;1-4-9-6(7)5-10(2,3)8;1-6-2-4-7-5-3-6;1-3-4-2/h8-9,13,15,17-18H,6-7,10-12H2,1-5H3;6-9,13,15,17-18H,10-12H2,1-5H3;6-7,12-13,15-16H,5,8-11H2,1-4H3,(H,22,23);5-6,10,12,14-15,20H,7-9,11H2,1-4H3;5-6,10-12,14-15H,7-9H2,1-4H3;4-5H2,1-3H3;2-5H2,1H3;3H,1-2H3. The molecule has 6 fully saturated rings. The van der Waals surface area contributed by atoms with Gasteiger partial charge in [-0.05, 0) is 339 Å². The Labute approximate surface area is 862 Å². The second-order valence-corrected chi connectivity index (χ2v) is 47.2. The van der Waals surface area contributed by atoms with E-state index in [9.17, 15) is 57.6 Å². The first kappa shape index (κ1) is 127. The Hall–Kier alpha value is -10.2. The molecule has 145 heavy (non-hydrogen) atoms. The van der Waals surface area contributed by atoms with Crippen LogP contribution in [0.4, 0.5) is 0 Å². The van der Waals surface area contributed by atoms with Crippen molar-refractivity contribution in [3.63, 3.8) is 0 Å². The molecule has 34 heteroatoms. The van der Waals surface area contributed by atoms with Crippen molar-refractivity contribution in [2.45, 2.75) is 304 Å². The van der Waals surface area contributed by atoms with E-state index < -0.39 is 41.1 Å². The van der Waals surface area contributed by atoms with Crippen LogP contribution in [0.25, 0.3) is 0 Å². The number of nitrogens with zero attached hydrogens (tertiary/aromatic N) is 6. The molecule has 0 amide bonds. The van der Waals surface area contributed by atoms with E-state index in [-0.39, 0.29) is 102 Å². The van der Waals surface area contributed by atoms with Crippen LogP contribution in [0, 0.1) is 59.2 Å². The molecular formula is C111H172N7O26P. The summed E-state index contributed by atoms with van der Waals surface area (Å²) in [6.45, 7) is 40.8. The number of pyridine rings is 5. The van der Waals surface area contributed by atoms with Crippen LogP contribution in [-0.4, -0.2) is 243 Å². The predicted octanol–water partition coefficient (Wildman–Crippen LogP) is 19.1. The van der Waals surface area contributed by atoms with Gasteiger partial charge in [0.1, 0.15) is 40.1 Å². The maximum absolute atomic E-state index is 12.4. The van der Waals surface area contributed by atoms with Crippen LogP contribution >= 0.6 is 7.14 Å². The molecule has 5 aromatic heterocycles. The minimum Gasteiger partial charge on any atom is -0.481 e. The molecule has 3 N–H and O–H groups in total. The Kier molecular flexibility index (Phi) is 55.1. The zero-order valence-electron chi connectivity index (χ0n) is 91.8. The molecule has 11 rings (SSSR count). The van der Waals surface area contributed by atoms with Gasteiger partial charge >= 0.3 is 41.8 Å². The number of hydrogen-bond acceptors (Lipinski definition) is 32. The van der Waals surface area contributed by atoms with Gasteiger partial charge in [-0.15, -0.1) is 0 Å². The Bertz CT molecular complexity index is 4640. The van der Waals surface area contributed by atoms with Gasteiger partial charge in [-0.3, -0.25) is 38.4 Å². The number of aliphatic carboxylic acids is 1. The van der Waals surface area contributed by atoms with Crippen LogP contribution in [0.3, 0.4) is 0 Å². The zero-order chi connectivity index (χ0) is 109. The lowest BCUT2D eigenvalue weighted by Gasteiger charge is -2.40. The Morgan fingerprint density at radius 1 is 0.441 bits per heavy atom. The van der Waals surface area contributed by atoms with E-state index in [4.69, 9.17) is 57.2 Å². The van der Waals surface area contributed by atoms with E-state index in [0.29, 0.717) is 134 Å². The molecule has 5 unspecified atom stereocenters. The third-order valence-electron chi connectivity index (χ3n) is 25.1. The van der Waals surface area contributed by atoms with Crippen LogP contribution in [0.15, 0.2) is 104 Å². The summed E-state index contributed by atoms with van der Waals surface area (Å²) in [5.74, 6) is 4.98. The van der Waals surface area contributed by atoms with Crippen LogP contribution in [-0.2, 0) is 90.5 Å². The largest absolute Gasteiger partial charge is 0.481 e. The molecule has 0 spiro atoms. The zero-order valence-corrected chi connectivity index (χ0v) is 92.7. The summed E-state index contributed by atoms with van der Waals surface area (Å²) in [7, 11) is 11.1. The summed E-state index contributed by atoms with van der Waals surface area (Å²) in [6.07, 6.45) is 27.1. The van der Waals surface area contributed by atoms with Crippen molar-refractivity contribution in [3.05, 3.63) is 132 Å². The number of carboxylic acid groups (broad SMARTS) is 1. The molecule has 812 valence electrons. The molecular weight excluding hydrogens is 1880 g/mol. The van der Waals surface area contributed by atoms with Crippen molar-refractivity contribution >= 4 is 66.8 Å². The summed E-state index contributed by atoms with van der Waals surface area (Å²) in [5, 5.41) is 18.1. The highest BCUT2D eigenvalue weighted by Gasteiger charge is 2.43. The summed E-state index contributed by atoms with van der Waals surface area (Å²) in [5.41, 5.74) is 5.06. The lowest BCUT2D eigenvalue weighted by Crippen LogP contribution is -2.33. The van der Waals surface area contributed by atoms with E-state index in [1.165, 1.54) is 0 Å². The number of methoxy groups -OCH3 is 5. The average Bonchev–Trinajstić information content (AvgIpc) is 0.818. The fraction of sp³-hybridized carbons (Fsp3) is 0.667. The molecule has 5 saturated carbocycles. The normalized spacial score (nSPS) is 20.4. The summed E-state index contributed by atoms with van der Waals surface area (Å²) < 4.78 is 73.7. The number of aromatic nitrogens is 5. The Morgan fingerprint density at radius 3 is 0.910 bits per heavy atom. The van der Waals surface area contributed by atoms with Gasteiger partial charge in [0, 0.05) is 107 Å². The minimum absolute atomic E-state index is 0.0273. The number of ether oxygens (including phenoxy) is 12. The number of ketones is 2. The molecule has 5 atom stereocenters. The molecule has 0 bridgehead atoms. The minimum atomic E-state index is -2.23. The van der Waals surface area contributed by atoms with Crippen LogP contribution < -0.4 is 29.2 Å². The topological polar surface area (TPSA) is 428 Å². The van der Waals surface area contributed by atoms with Crippen molar-refractivity contribution in [2.24, 2.45) is 59.2 Å². The van der Waals surface area contributed by atoms with Gasteiger partial charge in [0.25, 0.3) is 0 Å². The van der Waals surface area contributed by atoms with Crippen molar-refractivity contribution in [3.8, 4) is 29.4 Å². The van der Waals surface area contributed by atoms with Gasteiger partial charge in [0.2, 0.25) is 29.4 Å². The second-order valence-electron chi connectivity index (χ2n) is 43.8. The number of aldehydes is 1. The molecule has 5 aromatic rings. The number of hydrogen-bond donors (Lipinski definition) is 3. The van der Waals surface area contributed by atoms with Crippen molar-refractivity contribution in [1.82, 2.24) is 35.3 Å². The predicted molar refractivity (Wildman–Crippen MR) is 556 cm³/mol. The molecule has 0 aromatic carbocycles. The number of rotatable bonds is 39. The number of carbonyl (C=O) groups is 10. The number of nitrogens with one attached hydrogen (secondary N) is 1. The lowest BCUT2D eigenvalue weighted by molar-refractivity contribution is -0.157. The summed E-state index contributed by atoms with van der Waals surface area (Å²) in [6, 6.07) is 18.9. The maximum atomic E-state index is 12.4. The molecule has 6 heterocycles. The number of carbonyl (C=O) groups excluding carboxylic acids is 9. The first-order valence-electron chi connectivity index (χ1n) is 50.6. The monoisotopic (exact) mass is 2050 g/mol. The highest BCUT2D eigenvalue weighted by atomic mass is 31.2. The first-order valence-corrected chi connectivity index (χ1v) is 53.4. The smallest absolute Gasteiger partial charge is 0.313 e. The third-order valence-corrected chi connectivity index (χ3v) is 26.1. The molecule has 33 nitrogen and oxygen atoms in total. The lowest BCUT2D eigenvalue weighted by atomic mass is 9.64. The summed E-state index contributed by atoms with van der Waals surface area (Å²) in [4.78, 5) is 144. The number of likely N-dealkylation sites (N-methyl/N-ethyl adjacent to an activating group) is 1. The number of aliphatic hydroxyl groups is 1. The van der Waals surface area contributed by atoms with E-state index in [2.05, 4.69) is 51.9 Å². The number of morpholine rings is 1. The maximum Gasteiger partial charge on any atom is 0.313 e. The van der Waals surface area contributed by atoms with E-state index in [0.717, 1.165) is 131 Å². The number of allylic oxidation sites excluding steroid dienone is 2. The number of hydroxylamine groups is 1. The Balaban J connectivity index is 0.000000359. The van der Waals surface area contributed by atoms with Crippen LogP contribution in [0.1, 0.15) is 304 Å². The first-order chi connectivity index (χ1) is 67.9. The molecule has 5 aliphatic carbocycles. The highest BCUT2D eigenvalue weighted by molar-refractivity contribution is 7.63. The SMILES string of the molecule is CCOC(=O)CP(C)(C)=O.CN1CCOCC1.CNOC.COc1ccc(C(CC(=O)OC(C)(C)C)C2CC(C=CC(C)=O)C2)cn1.COc1ccc(C(CC(=O)OC(C)(C)C)C2CC(C=O)C2)cn1.COc1ccc(C(CC(=O)OC(C)(C)C)C2CC(CCC(=O)O)C2)cn1.COc1ccc(C(CC(=O)OC(C)(C)C)C2CC(CCC(C)=O)C2)cn1.COc1ccc(C(CC(=O)OC(C)(C)C)C2CC(CO)C2)cn1. The Morgan fingerprint density at radius 2 is 0.710 bits per heavy atom. The number of carboxylic acids is 1. The van der Waals surface area contributed by atoms with Gasteiger partial charge in [0.05, 0.1) is 108 Å². The van der Waals surface area contributed by atoms with Crippen LogP contribution in [0.5, 0.6) is 29.4 Å². The fourth-order valence-corrected chi connectivity index (χ4v) is 18.5. The highest BCUT2D eigenvalue weighted by Crippen LogP contribution is 2.52. The van der Waals surface area contributed by atoms with Crippen LogP contribution in [0.2, 0.25) is 0 Å². The van der Waals surface area contributed by atoms with E-state index in [1.54, 1.807) is 133 Å². The number of esters is 6. The van der Waals surface area contributed by atoms with E-state index in [1.807, 2.05) is 158 Å². The van der Waals surface area contributed by atoms with E-state index >= 15 is 0 Å². The van der Waals surface area contributed by atoms with Gasteiger partial charge in [-0.25, -0.2) is 30.4 Å². The quantitative estimate of drug-likeness (QED) is 0.00821. The molecule has 1 saturated heterocycles. The molecule has 6 aliphatic rings. The number of Topliss-reactive ketones (excluding diaryl/α,β-unsaturated/α-hetero) is 1. The van der Waals surface area contributed by atoms with Crippen molar-refractivity contribution < 1.29 is 124 Å². The van der Waals surface area contributed by atoms with Gasteiger partial charge in [0.15, 0.2) is 5.78 Å². The van der Waals surface area contributed by atoms with Gasteiger partial charge < -0.3 is 90.9 Å². The second kappa shape index (κ2) is 62.8. The van der Waals surface area contributed by atoms with Gasteiger partial charge in [-0.2, -0.15) is 0 Å². The fourth-order valence-electron chi connectivity index (χ4n) is 17.7. The van der Waals surface area contributed by atoms with Crippen molar-refractivity contribution in [1.29, 1.82) is 0 Å². The van der Waals surface area contributed by atoms with Crippen molar-refractivity contribution in [2.75, 3.05) is 116 Å².